The van der Waals surface area contributed by atoms with Crippen molar-refractivity contribution in [1.29, 1.82) is 0 Å². The second kappa shape index (κ2) is 5.28. The molecule has 0 radical (unpaired) electrons. The van der Waals surface area contributed by atoms with Gasteiger partial charge in [-0.25, -0.2) is 0 Å². The van der Waals surface area contributed by atoms with Crippen molar-refractivity contribution in [2.24, 2.45) is 5.41 Å². The lowest BCUT2D eigenvalue weighted by molar-refractivity contribution is 0.0190. The SMILES string of the molecule is COCCN(CC(O)C(C)(C)C)C1CC1. The highest BCUT2D eigenvalue weighted by atomic mass is 16.5. The lowest BCUT2D eigenvalue weighted by Crippen LogP contribution is -2.41. The van der Waals surface area contributed by atoms with Gasteiger partial charge in [0.15, 0.2) is 0 Å². The van der Waals surface area contributed by atoms with Gasteiger partial charge >= 0.3 is 0 Å². The molecular formula is C12H25NO2. The van der Waals surface area contributed by atoms with E-state index in [2.05, 4.69) is 25.7 Å². The van der Waals surface area contributed by atoms with E-state index in [1.54, 1.807) is 7.11 Å². The fraction of sp³-hybridized carbons (Fsp3) is 1.00. The molecule has 1 atom stereocenters. The second-order valence-electron chi connectivity index (χ2n) is 5.60. The molecule has 0 spiro atoms. The summed E-state index contributed by atoms with van der Waals surface area (Å²) in [5.74, 6) is 0. The van der Waals surface area contributed by atoms with E-state index in [4.69, 9.17) is 4.74 Å². The highest BCUT2D eigenvalue weighted by Gasteiger charge is 2.32. The van der Waals surface area contributed by atoms with Gasteiger partial charge in [-0.1, -0.05) is 20.8 Å². The first-order valence-corrected chi connectivity index (χ1v) is 5.86. The van der Waals surface area contributed by atoms with E-state index in [0.717, 1.165) is 19.7 Å². The Balaban J connectivity index is 2.36. The fourth-order valence-electron chi connectivity index (χ4n) is 1.57. The van der Waals surface area contributed by atoms with Crippen molar-refractivity contribution in [3.8, 4) is 0 Å². The summed E-state index contributed by atoms with van der Waals surface area (Å²) in [6.45, 7) is 8.72. The molecule has 3 nitrogen and oxygen atoms in total. The average molecular weight is 215 g/mol. The minimum absolute atomic E-state index is 0.0276. The predicted octanol–water partition coefficient (Wildman–Crippen LogP) is 1.50. The second-order valence-corrected chi connectivity index (χ2v) is 5.60. The van der Waals surface area contributed by atoms with Crippen molar-refractivity contribution >= 4 is 0 Å². The van der Waals surface area contributed by atoms with E-state index >= 15 is 0 Å². The van der Waals surface area contributed by atoms with Crippen LogP contribution in [0.1, 0.15) is 33.6 Å². The van der Waals surface area contributed by atoms with Crippen LogP contribution in [0.5, 0.6) is 0 Å². The first kappa shape index (κ1) is 12.9. The molecule has 0 aliphatic heterocycles. The Bertz CT molecular complexity index is 185. The van der Waals surface area contributed by atoms with Gasteiger partial charge in [0.05, 0.1) is 12.7 Å². The van der Waals surface area contributed by atoms with E-state index in [1.807, 2.05) is 0 Å². The summed E-state index contributed by atoms with van der Waals surface area (Å²) in [5.41, 5.74) is -0.0276. The highest BCUT2D eigenvalue weighted by molar-refractivity contribution is 4.87. The van der Waals surface area contributed by atoms with Gasteiger partial charge in [-0.3, -0.25) is 4.90 Å². The molecule has 3 heteroatoms. The van der Waals surface area contributed by atoms with Gasteiger partial charge in [-0.2, -0.15) is 0 Å². The van der Waals surface area contributed by atoms with Crippen molar-refractivity contribution in [2.75, 3.05) is 26.8 Å². The number of rotatable bonds is 6. The smallest absolute Gasteiger partial charge is 0.0715 e. The summed E-state index contributed by atoms with van der Waals surface area (Å²) in [6.07, 6.45) is 2.30. The van der Waals surface area contributed by atoms with Crippen molar-refractivity contribution in [3.63, 3.8) is 0 Å². The molecule has 1 unspecified atom stereocenters. The zero-order valence-electron chi connectivity index (χ0n) is 10.5. The third kappa shape index (κ3) is 4.49. The predicted molar refractivity (Wildman–Crippen MR) is 61.9 cm³/mol. The third-order valence-corrected chi connectivity index (χ3v) is 3.05. The van der Waals surface area contributed by atoms with Gasteiger partial charge < -0.3 is 9.84 Å². The van der Waals surface area contributed by atoms with Crippen LogP contribution in [0.15, 0.2) is 0 Å². The molecular weight excluding hydrogens is 190 g/mol. The van der Waals surface area contributed by atoms with Gasteiger partial charge in [0.1, 0.15) is 0 Å². The van der Waals surface area contributed by atoms with Crippen molar-refractivity contribution in [2.45, 2.75) is 45.8 Å². The molecule has 1 aliphatic rings. The van der Waals surface area contributed by atoms with E-state index in [-0.39, 0.29) is 11.5 Å². The van der Waals surface area contributed by atoms with Crippen molar-refractivity contribution in [3.05, 3.63) is 0 Å². The van der Waals surface area contributed by atoms with Crippen LogP contribution < -0.4 is 0 Å². The van der Waals surface area contributed by atoms with Gasteiger partial charge in [0.25, 0.3) is 0 Å². The molecule has 0 saturated heterocycles. The Morgan fingerprint density at radius 1 is 1.40 bits per heavy atom. The van der Waals surface area contributed by atoms with Crippen molar-refractivity contribution < 1.29 is 9.84 Å². The number of methoxy groups -OCH3 is 1. The van der Waals surface area contributed by atoms with Crippen LogP contribution >= 0.6 is 0 Å². The zero-order chi connectivity index (χ0) is 11.5. The van der Waals surface area contributed by atoms with Crippen molar-refractivity contribution in [1.82, 2.24) is 4.90 Å². The minimum atomic E-state index is -0.255. The largest absolute Gasteiger partial charge is 0.391 e. The molecule has 1 aliphatic carbocycles. The minimum Gasteiger partial charge on any atom is -0.391 e. The monoisotopic (exact) mass is 215 g/mol. The van der Waals surface area contributed by atoms with Crippen LogP contribution in [-0.2, 0) is 4.74 Å². The molecule has 90 valence electrons. The Hall–Kier alpha value is -0.120. The molecule has 0 aromatic rings. The molecule has 1 fully saturated rings. The molecule has 15 heavy (non-hydrogen) atoms. The lowest BCUT2D eigenvalue weighted by Gasteiger charge is -2.31. The van der Waals surface area contributed by atoms with Crippen LogP contribution in [0.4, 0.5) is 0 Å². The van der Waals surface area contributed by atoms with Crippen LogP contribution in [0.2, 0.25) is 0 Å². The molecule has 1 rings (SSSR count). The first-order valence-electron chi connectivity index (χ1n) is 5.86. The lowest BCUT2D eigenvalue weighted by atomic mass is 9.89. The van der Waals surface area contributed by atoms with E-state index < -0.39 is 0 Å². The van der Waals surface area contributed by atoms with Crippen LogP contribution in [0.3, 0.4) is 0 Å². The fourth-order valence-corrected chi connectivity index (χ4v) is 1.57. The molecule has 1 N–H and O–H groups in total. The van der Waals surface area contributed by atoms with E-state index in [1.165, 1.54) is 12.8 Å². The molecule has 0 aromatic carbocycles. The maximum atomic E-state index is 10.0. The summed E-state index contributed by atoms with van der Waals surface area (Å²) < 4.78 is 5.09. The normalized spacial score (nSPS) is 19.6. The van der Waals surface area contributed by atoms with E-state index in [0.29, 0.717) is 6.04 Å². The summed E-state index contributed by atoms with van der Waals surface area (Å²) in [5, 5.41) is 10.0. The number of hydrogen-bond acceptors (Lipinski definition) is 3. The molecule has 0 aromatic heterocycles. The maximum absolute atomic E-state index is 10.0. The first-order chi connectivity index (χ1) is 6.95. The van der Waals surface area contributed by atoms with Crippen LogP contribution in [-0.4, -0.2) is 49.0 Å². The number of aliphatic hydroxyl groups is 1. The Morgan fingerprint density at radius 3 is 2.40 bits per heavy atom. The molecule has 0 amide bonds. The Labute approximate surface area is 93.4 Å². The van der Waals surface area contributed by atoms with Crippen LogP contribution in [0.25, 0.3) is 0 Å². The zero-order valence-corrected chi connectivity index (χ0v) is 10.5. The maximum Gasteiger partial charge on any atom is 0.0715 e. The Kier molecular flexibility index (Phi) is 4.56. The molecule has 0 heterocycles. The number of hydrogen-bond donors (Lipinski definition) is 1. The summed E-state index contributed by atoms with van der Waals surface area (Å²) >= 11 is 0. The number of aliphatic hydroxyl groups excluding tert-OH is 1. The third-order valence-electron chi connectivity index (χ3n) is 3.05. The van der Waals surface area contributed by atoms with Crippen LogP contribution in [0, 0.1) is 5.41 Å². The topological polar surface area (TPSA) is 32.7 Å². The van der Waals surface area contributed by atoms with E-state index in [9.17, 15) is 5.11 Å². The van der Waals surface area contributed by atoms with Gasteiger partial charge in [0.2, 0.25) is 0 Å². The summed E-state index contributed by atoms with van der Waals surface area (Å²) in [6, 6.07) is 0.692. The summed E-state index contributed by atoms with van der Waals surface area (Å²) in [4.78, 5) is 2.36. The Morgan fingerprint density at radius 2 is 2.00 bits per heavy atom. The quantitative estimate of drug-likeness (QED) is 0.729. The number of ether oxygens (including phenoxy) is 1. The average Bonchev–Trinajstić information content (AvgIpc) is 2.93. The molecule has 0 bridgehead atoms. The molecule has 1 saturated carbocycles. The highest BCUT2D eigenvalue weighted by Crippen LogP contribution is 2.29. The number of nitrogens with zero attached hydrogens (tertiary/aromatic N) is 1. The summed E-state index contributed by atoms with van der Waals surface area (Å²) in [7, 11) is 1.73. The van der Waals surface area contributed by atoms with Gasteiger partial charge in [-0.15, -0.1) is 0 Å². The standard InChI is InChI=1S/C12H25NO2/c1-12(2,3)11(14)9-13(7-8-15-4)10-5-6-10/h10-11,14H,5-9H2,1-4H3. The van der Waals surface area contributed by atoms with Gasteiger partial charge in [-0.05, 0) is 18.3 Å². The van der Waals surface area contributed by atoms with Gasteiger partial charge in [0, 0.05) is 26.2 Å².